The van der Waals surface area contributed by atoms with Crippen LogP contribution < -0.4 is 0 Å². The van der Waals surface area contributed by atoms with Crippen LogP contribution in [0.3, 0.4) is 0 Å². The van der Waals surface area contributed by atoms with Gasteiger partial charge in [0, 0.05) is 11.0 Å². The van der Waals surface area contributed by atoms with Gasteiger partial charge < -0.3 is 0 Å². The van der Waals surface area contributed by atoms with Gasteiger partial charge in [0.25, 0.3) is 0 Å². The minimum Gasteiger partial charge on any atom is -0.221 e. The smallest absolute Gasteiger partial charge is 0.214 e. The quantitative estimate of drug-likeness (QED) is 0.685. The molecule has 4 nitrogen and oxygen atoms in total. The van der Waals surface area contributed by atoms with Gasteiger partial charge in [0.2, 0.25) is 4.96 Å². The number of rotatable bonds is 1. The van der Waals surface area contributed by atoms with Crippen LogP contribution in [-0.2, 0) is 5.41 Å². The number of benzene rings is 1. The summed E-state index contributed by atoms with van der Waals surface area (Å²) in [7, 11) is 0. The molecule has 0 spiro atoms. The molecule has 5 heteroatoms. The number of hydrogen-bond donors (Lipinski definition) is 0. The van der Waals surface area contributed by atoms with E-state index in [0.29, 0.717) is 5.69 Å². The van der Waals surface area contributed by atoms with Crippen LogP contribution in [0.1, 0.15) is 32.2 Å². The first-order valence-corrected chi connectivity index (χ1v) is 7.18. The fourth-order valence-electron chi connectivity index (χ4n) is 2.07. The van der Waals surface area contributed by atoms with Crippen LogP contribution in [-0.4, -0.2) is 14.6 Å². The third kappa shape index (κ3) is 1.98. The molecule has 0 saturated carbocycles. The Morgan fingerprint density at radius 3 is 2.50 bits per heavy atom. The van der Waals surface area contributed by atoms with Gasteiger partial charge in [0.15, 0.2) is 5.69 Å². The molecule has 0 bridgehead atoms. The van der Waals surface area contributed by atoms with Crippen molar-refractivity contribution in [3.05, 3.63) is 41.7 Å². The molecule has 3 rings (SSSR count). The predicted octanol–water partition coefficient (Wildman–Crippen LogP) is 3.63. The second-order valence-corrected chi connectivity index (χ2v) is 6.59. The first-order valence-electron chi connectivity index (χ1n) is 6.36. The van der Waals surface area contributed by atoms with Crippen molar-refractivity contribution < 1.29 is 0 Å². The van der Waals surface area contributed by atoms with E-state index < -0.39 is 0 Å². The van der Waals surface area contributed by atoms with Crippen LogP contribution in [0.25, 0.3) is 15.5 Å². The molecule has 0 N–H and O–H groups in total. The molecule has 2 aromatic heterocycles. The maximum Gasteiger partial charge on any atom is 0.214 e. The SMILES string of the molecule is CC(C)(C)c1nc2sc(-c3ccccc3)nn2c1C#N. The molecule has 0 unspecified atom stereocenters. The van der Waals surface area contributed by atoms with Crippen molar-refractivity contribution in [2.75, 3.05) is 0 Å². The van der Waals surface area contributed by atoms with E-state index in [9.17, 15) is 5.26 Å². The van der Waals surface area contributed by atoms with Crippen molar-refractivity contribution in [3.8, 4) is 16.6 Å². The lowest BCUT2D eigenvalue weighted by Crippen LogP contribution is -2.14. The summed E-state index contributed by atoms with van der Waals surface area (Å²) in [6.45, 7) is 6.16. The third-order valence-corrected chi connectivity index (χ3v) is 4.00. The van der Waals surface area contributed by atoms with E-state index in [2.05, 4.69) is 36.9 Å². The van der Waals surface area contributed by atoms with E-state index in [1.54, 1.807) is 4.52 Å². The van der Waals surface area contributed by atoms with E-state index in [1.165, 1.54) is 11.3 Å². The van der Waals surface area contributed by atoms with Crippen molar-refractivity contribution in [3.63, 3.8) is 0 Å². The fourth-order valence-corrected chi connectivity index (χ4v) is 2.97. The van der Waals surface area contributed by atoms with Crippen LogP contribution in [0, 0.1) is 11.3 Å². The highest BCUT2D eigenvalue weighted by atomic mass is 32.1. The summed E-state index contributed by atoms with van der Waals surface area (Å²) in [6, 6.07) is 12.2. The molecule has 0 fully saturated rings. The average molecular weight is 282 g/mol. The van der Waals surface area contributed by atoms with Gasteiger partial charge in [-0.2, -0.15) is 14.9 Å². The molecular weight excluding hydrogens is 268 g/mol. The van der Waals surface area contributed by atoms with Crippen molar-refractivity contribution in [2.45, 2.75) is 26.2 Å². The summed E-state index contributed by atoms with van der Waals surface area (Å²) in [5, 5.41) is 14.8. The monoisotopic (exact) mass is 282 g/mol. The molecule has 0 aliphatic carbocycles. The van der Waals surface area contributed by atoms with Gasteiger partial charge in [-0.05, 0) is 0 Å². The number of nitriles is 1. The molecule has 0 aliphatic heterocycles. The highest BCUT2D eigenvalue weighted by molar-refractivity contribution is 7.19. The van der Waals surface area contributed by atoms with Gasteiger partial charge in [-0.15, -0.1) is 0 Å². The Kier molecular flexibility index (Phi) is 2.84. The van der Waals surface area contributed by atoms with Crippen LogP contribution in [0.5, 0.6) is 0 Å². The van der Waals surface area contributed by atoms with Crippen molar-refractivity contribution in [1.29, 1.82) is 5.26 Å². The summed E-state index contributed by atoms with van der Waals surface area (Å²) in [6.07, 6.45) is 0. The minimum atomic E-state index is -0.161. The van der Waals surface area contributed by atoms with Crippen LogP contribution >= 0.6 is 11.3 Å². The fraction of sp³-hybridized carbons (Fsp3) is 0.267. The van der Waals surface area contributed by atoms with Crippen LogP contribution in [0.2, 0.25) is 0 Å². The second kappa shape index (κ2) is 4.43. The third-order valence-electron chi connectivity index (χ3n) is 3.04. The van der Waals surface area contributed by atoms with Gasteiger partial charge >= 0.3 is 0 Å². The van der Waals surface area contributed by atoms with Gasteiger partial charge in [-0.1, -0.05) is 62.4 Å². The molecule has 3 aromatic rings. The van der Waals surface area contributed by atoms with E-state index in [4.69, 9.17) is 0 Å². The zero-order valence-electron chi connectivity index (χ0n) is 11.6. The molecule has 0 aliphatic rings. The van der Waals surface area contributed by atoms with Gasteiger partial charge in [-0.25, -0.2) is 4.98 Å². The molecule has 0 saturated heterocycles. The predicted molar refractivity (Wildman–Crippen MR) is 79.7 cm³/mol. The second-order valence-electron chi connectivity index (χ2n) is 5.64. The molecule has 100 valence electrons. The Balaban J connectivity index is 2.20. The molecular formula is C15H14N4S. The average Bonchev–Trinajstić information content (AvgIpc) is 2.95. The molecule has 0 atom stereocenters. The summed E-state index contributed by atoms with van der Waals surface area (Å²) in [5.41, 5.74) is 2.22. The van der Waals surface area contributed by atoms with Crippen molar-refractivity contribution in [2.24, 2.45) is 0 Å². The summed E-state index contributed by atoms with van der Waals surface area (Å²) >= 11 is 1.51. The number of fused-ring (bicyclic) bond motifs is 1. The number of imidazole rings is 1. The number of nitrogens with zero attached hydrogens (tertiary/aromatic N) is 4. The van der Waals surface area contributed by atoms with Gasteiger partial charge in [-0.3, -0.25) is 0 Å². The lowest BCUT2D eigenvalue weighted by Gasteiger charge is -2.14. The van der Waals surface area contributed by atoms with E-state index in [1.807, 2.05) is 30.3 Å². The van der Waals surface area contributed by atoms with Gasteiger partial charge in [0.1, 0.15) is 11.1 Å². The van der Waals surface area contributed by atoms with Crippen molar-refractivity contribution in [1.82, 2.24) is 14.6 Å². The highest BCUT2D eigenvalue weighted by Gasteiger charge is 2.26. The molecule has 20 heavy (non-hydrogen) atoms. The molecule has 1 aromatic carbocycles. The lowest BCUT2D eigenvalue weighted by molar-refractivity contribution is 0.570. The normalized spacial score (nSPS) is 11.7. The topological polar surface area (TPSA) is 54.0 Å². The van der Waals surface area contributed by atoms with Crippen LogP contribution in [0.4, 0.5) is 0 Å². The molecule has 0 amide bonds. The Labute approximate surface area is 121 Å². The lowest BCUT2D eigenvalue weighted by atomic mass is 9.91. The maximum atomic E-state index is 9.40. The first-order chi connectivity index (χ1) is 9.50. The summed E-state index contributed by atoms with van der Waals surface area (Å²) < 4.78 is 1.66. The molecule has 2 heterocycles. The Morgan fingerprint density at radius 2 is 1.90 bits per heavy atom. The number of hydrogen-bond acceptors (Lipinski definition) is 4. The standard InChI is InChI=1S/C15H14N4S/c1-15(2,3)12-11(9-16)19-14(17-12)20-13(18-19)10-7-5-4-6-8-10/h4-8H,1-3H3. The van der Waals surface area contributed by atoms with E-state index in [-0.39, 0.29) is 5.41 Å². The van der Waals surface area contributed by atoms with E-state index >= 15 is 0 Å². The zero-order valence-corrected chi connectivity index (χ0v) is 12.4. The van der Waals surface area contributed by atoms with Gasteiger partial charge in [0.05, 0.1) is 5.69 Å². The number of aromatic nitrogens is 3. The Morgan fingerprint density at radius 1 is 1.20 bits per heavy atom. The van der Waals surface area contributed by atoms with E-state index in [0.717, 1.165) is 21.2 Å². The van der Waals surface area contributed by atoms with Crippen molar-refractivity contribution >= 4 is 16.3 Å². The Hall–Kier alpha value is -2.19. The molecule has 0 radical (unpaired) electrons. The minimum absolute atomic E-state index is 0.161. The largest absolute Gasteiger partial charge is 0.221 e. The Bertz CT molecular complexity index is 800. The summed E-state index contributed by atoms with van der Waals surface area (Å²) in [5.74, 6) is 0. The first kappa shape index (κ1) is 12.8. The van der Waals surface area contributed by atoms with Crippen LogP contribution in [0.15, 0.2) is 30.3 Å². The zero-order chi connectivity index (χ0) is 14.3. The maximum absolute atomic E-state index is 9.40. The summed E-state index contributed by atoms with van der Waals surface area (Å²) in [4.78, 5) is 5.37. The highest BCUT2D eigenvalue weighted by Crippen LogP contribution is 2.31.